The minimum atomic E-state index is -0.813. The first-order chi connectivity index (χ1) is 7.51. The molecule has 0 atom stereocenters. The quantitative estimate of drug-likeness (QED) is 0.583. The van der Waals surface area contributed by atoms with Gasteiger partial charge in [0.2, 0.25) is 0 Å². The molecule has 0 aliphatic rings. The van der Waals surface area contributed by atoms with E-state index >= 15 is 0 Å². The second-order valence-electron chi connectivity index (χ2n) is 2.47. The molecule has 0 radical (unpaired) electrons. The minimum Gasteiger partial charge on any atom is -0.301 e. The van der Waals surface area contributed by atoms with Gasteiger partial charge in [0.05, 0.1) is 5.56 Å². The molecule has 88 valence electrons. The molecule has 16 heavy (non-hydrogen) atoms. The minimum absolute atomic E-state index is 0.222. The van der Waals surface area contributed by atoms with Gasteiger partial charge in [-0.25, -0.2) is 9.59 Å². The Morgan fingerprint density at radius 3 is 2.19 bits per heavy atom. The normalized spacial score (nSPS) is 8.50. The van der Waals surface area contributed by atoms with E-state index in [4.69, 9.17) is 22.1 Å². The number of halogens is 1. The van der Waals surface area contributed by atoms with Crippen LogP contribution in [0, 0.1) is 0 Å². The van der Waals surface area contributed by atoms with Crippen LogP contribution in [0.1, 0.15) is 17.3 Å². The molecule has 1 aromatic carbocycles. The van der Waals surface area contributed by atoms with Gasteiger partial charge in [-0.3, -0.25) is 4.89 Å². The SMILES string of the molecule is CC(=O)OO.O=C(OO)c1cccc(Cl)c1. The molecule has 0 bridgehead atoms. The van der Waals surface area contributed by atoms with E-state index in [1.165, 1.54) is 12.1 Å². The smallest absolute Gasteiger partial charge is 0.301 e. The van der Waals surface area contributed by atoms with Crippen molar-refractivity contribution < 1.29 is 29.9 Å². The standard InChI is InChI=1S/C7H5ClO3.C2H4O3/c8-6-3-1-2-5(4-6)7(9)11-10;1-2(3)5-4/h1-4,10H;4H,1H3. The predicted octanol–water partition coefficient (Wildman–Crippen LogP) is 1.99. The lowest BCUT2D eigenvalue weighted by Gasteiger charge is -1.95. The molecule has 0 fully saturated rings. The second-order valence-corrected chi connectivity index (χ2v) is 2.91. The Morgan fingerprint density at radius 2 is 1.81 bits per heavy atom. The molecular formula is C9H9ClO6. The van der Waals surface area contributed by atoms with Crippen LogP contribution in [0.4, 0.5) is 0 Å². The highest BCUT2D eigenvalue weighted by Gasteiger charge is 2.05. The molecule has 0 amide bonds. The van der Waals surface area contributed by atoms with E-state index in [-0.39, 0.29) is 5.56 Å². The summed E-state index contributed by atoms with van der Waals surface area (Å²) in [6, 6.07) is 6.11. The van der Waals surface area contributed by atoms with Crippen LogP contribution in [-0.2, 0) is 14.6 Å². The lowest BCUT2D eigenvalue weighted by atomic mass is 10.2. The van der Waals surface area contributed by atoms with Gasteiger partial charge >= 0.3 is 11.9 Å². The van der Waals surface area contributed by atoms with Crippen molar-refractivity contribution >= 4 is 23.5 Å². The Balaban J connectivity index is 0.000000385. The summed E-state index contributed by atoms with van der Waals surface area (Å²) in [6.07, 6.45) is 0. The van der Waals surface area contributed by atoms with Crippen molar-refractivity contribution in [3.63, 3.8) is 0 Å². The zero-order chi connectivity index (χ0) is 12.6. The maximum Gasteiger partial charge on any atom is 0.372 e. The van der Waals surface area contributed by atoms with Crippen LogP contribution in [0.15, 0.2) is 24.3 Å². The number of carbonyl (C=O) groups is 2. The highest BCUT2D eigenvalue weighted by molar-refractivity contribution is 6.30. The zero-order valence-corrected chi connectivity index (χ0v) is 8.97. The summed E-state index contributed by atoms with van der Waals surface area (Å²) in [6.45, 7) is 1.11. The third kappa shape index (κ3) is 5.97. The second kappa shape index (κ2) is 7.63. The van der Waals surface area contributed by atoms with Crippen LogP contribution in [0.2, 0.25) is 5.02 Å². The van der Waals surface area contributed by atoms with Gasteiger partial charge in [-0.2, -0.15) is 10.5 Å². The Hall–Kier alpha value is -1.63. The third-order valence-corrected chi connectivity index (χ3v) is 1.51. The Morgan fingerprint density at radius 1 is 1.25 bits per heavy atom. The van der Waals surface area contributed by atoms with Crippen molar-refractivity contribution in [1.82, 2.24) is 0 Å². The average molecular weight is 249 g/mol. The van der Waals surface area contributed by atoms with Crippen LogP contribution < -0.4 is 0 Å². The van der Waals surface area contributed by atoms with E-state index in [2.05, 4.69) is 9.78 Å². The maximum absolute atomic E-state index is 10.6. The molecule has 1 aromatic rings. The van der Waals surface area contributed by atoms with Gasteiger partial charge in [0.25, 0.3) is 0 Å². The van der Waals surface area contributed by atoms with E-state index in [9.17, 15) is 9.59 Å². The summed E-state index contributed by atoms with van der Waals surface area (Å²) in [4.78, 5) is 26.6. The number of benzene rings is 1. The molecule has 0 aliphatic heterocycles. The summed E-state index contributed by atoms with van der Waals surface area (Å²) < 4.78 is 0. The van der Waals surface area contributed by atoms with Gasteiger partial charge in [0, 0.05) is 11.9 Å². The lowest BCUT2D eigenvalue weighted by molar-refractivity contribution is -0.231. The van der Waals surface area contributed by atoms with Crippen molar-refractivity contribution in [3.05, 3.63) is 34.9 Å². The average Bonchev–Trinajstić information content (AvgIpc) is 2.28. The molecule has 0 saturated heterocycles. The zero-order valence-electron chi connectivity index (χ0n) is 8.21. The van der Waals surface area contributed by atoms with Gasteiger partial charge in [-0.05, 0) is 18.2 Å². The summed E-state index contributed by atoms with van der Waals surface area (Å²) in [5.41, 5.74) is 0.222. The summed E-state index contributed by atoms with van der Waals surface area (Å²) >= 11 is 5.56. The highest BCUT2D eigenvalue weighted by Crippen LogP contribution is 2.10. The van der Waals surface area contributed by atoms with Crippen molar-refractivity contribution in [2.45, 2.75) is 6.92 Å². The monoisotopic (exact) mass is 248 g/mol. The largest absolute Gasteiger partial charge is 0.372 e. The van der Waals surface area contributed by atoms with Gasteiger partial charge < -0.3 is 4.89 Å². The van der Waals surface area contributed by atoms with Gasteiger partial charge in [-0.1, -0.05) is 17.7 Å². The molecule has 2 N–H and O–H groups in total. The Labute approximate surface area is 95.8 Å². The van der Waals surface area contributed by atoms with Gasteiger partial charge in [0.15, 0.2) is 0 Å². The van der Waals surface area contributed by atoms with E-state index in [1.807, 2.05) is 0 Å². The predicted molar refractivity (Wildman–Crippen MR) is 53.9 cm³/mol. The van der Waals surface area contributed by atoms with E-state index in [1.54, 1.807) is 12.1 Å². The summed E-state index contributed by atoms with van der Waals surface area (Å²) in [5, 5.41) is 15.7. The molecular weight excluding hydrogens is 240 g/mol. The number of hydrogen-bond acceptors (Lipinski definition) is 6. The molecule has 0 saturated carbocycles. The number of carbonyl (C=O) groups excluding carboxylic acids is 2. The van der Waals surface area contributed by atoms with E-state index in [0.717, 1.165) is 6.92 Å². The van der Waals surface area contributed by atoms with Gasteiger partial charge in [-0.15, -0.1) is 0 Å². The molecule has 0 spiro atoms. The van der Waals surface area contributed by atoms with Crippen LogP contribution >= 0.6 is 11.6 Å². The summed E-state index contributed by atoms with van der Waals surface area (Å²) in [7, 11) is 0. The topological polar surface area (TPSA) is 93.1 Å². The molecule has 0 heterocycles. The maximum atomic E-state index is 10.6. The van der Waals surface area contributed by atoms with Crippen LogP contribution in [0.25, 0.3) is 0 Å². The van der Waals surface area contributed by atoms with Crippen LogP contribution in [0.3, 0.4) is 0 Å². The number of rotatable bonds is 1. The summed E-state index contributed by atoms with van der Waals surface area (Å²) in [5.74, 6) is -1.50. The molecule has 0 aromatic heterocycles. The van der Waals surface area contributed by atoms with Gasteiger partial charge in [0.1, 0.15) is 0 Å². The lowest BCUT2D eigenvalue weighted by Crippen LogP contribution is -2.00. The Kier molecular flexibility index (Phi) is 6.86. The van der Waals surface area contributed by atoms with Crippen molar-refractivity contribution in [2.24, 2.45) is 0 Å². The van der Waals surface area contributed by atoms with E-state index < -0.39 is 11.9 Å². The first-order valence-electron chi connectivity index (χ1n) is 3.94. The molecule has 7 heteroatoms. The van der Waals surface area contributed by atoms with Crippen molar-refractivity contribution in [1.29, 1.82) is 0 Å². The Bertz CT molecular complexity index is 365. The van der Waals surface area contributed by atoms with Crippen molar-refractivity contribution in [2.75, 3.05) is 0 Å². The fourth-order valence-corrected chi connectivity index (χ4v) is 0.858. The first kappa shape index (κ1) is 14.4. The first-order valence-corrected chi connectivity index (χ1v) is 4.32. The van der Waals surface area contributed by atoms with E-state index in [0.29, 0.717) is 5.02 Å². The van der Waals surface area contributed by atoms with Crippen molar-refractivity contribution in [3.8, 4) is 0 Å². The highest BCUT2D eigenvalue weighted by atomic mass is 35.5. The fourth-order valence-electron chi connectivity index (χ4n) is 0.668. The third-order valence-electron chi connectivity index (χ3n) is 1.27. The molecule has 0 aliphatic carbocycles. The van der Waals surface area contributed by atoms with Crippen LogP contribution in [0.5, 0.6) is 0 Å². The molecule has 1 rings (SSSR count). The van der Waals surface area contributed by atoms with Crippen LogP contribution in [-0.4, -0.2) is 22.5 Å². The molecule has 0 unspecified atom stereocenters. The molecule has 6 nitrogen and oxygen atoms in total. The number of hydrogen-bond donors (Lipinski definition) is 2. The fraction of sp³-hybridized carbons (Fsp3) is 0.111.